The zero-order valence-electron chi connectivity index (χ0n) is 12.0. The van der Waals surface area contributed by atoms with E-state index in [9.17, 15) is 24.3 Å². The lowest BCUT2D eigenvalue weighted by molar-refractivity contribution is -0.143. The number of carboxylic acids is 1. The average molecular weight is 318 g/mol. The number of hydrogen-bond donors (Lipinski definition) is 3. The van der Waals surface area contributed by atoms with E-state index in [1.807, 2.05) is 0 Å². The van der Waals surface area contributed by atoms with E-state index >= 15 is 0 Å². The Labute approximate surface area is 129 Å². The van der Waals surface area contributed by atoms with Crippen molar-refractivity contribution in [3.05, 3.63) is 38.7 Å². The zero-order valence-corrected chi connectivity index (χ0v) is 12.0. The molecule has 1 fully saturated rings. The van der Waals surface area contributed by atoms with Crippen molar-refractivity contribution in [1.82, 2.24) is 19.9 Å². The molecule has 23 heavy (non-hydrogen) atoms. The third-order valence-electron chi connectivity index (χ3n) is 3.89. The Balaban J connectivity index is 2.02. The molecule has 0 bridgehead atoms. The minimum absolute atomic E-state index is 0.0688. The topological polar surface area (TPSA) is 136 Å². The number of nitrogens with zero attached hydrogens (tertiary/aromatic N) is 2. The molecule has 1 unspecified atom stereocenters. The van der Waals surface area contributed by atoms with Crippen molar-refractivity contribution >= 4 is 22.9 Å². The van der Waals surface area contributed by atoms with Crippen molar-refractivity contribution in [2.75, 3.05) is 6.54 Å². The first kappa shape index (κ1) is 14.9. The lowest BCUT2D eigenvalue weighted by Crippen LogP contribution is -2.48. The lowest BCUT2D eigenvalue weighted by atomic mass is 10.0. The van der Waals surface area contributed by atoms with Gasteiger partial charge in [0.25, 0.3) is 11.5 Å². The summed E-state index contributed by atoms with van der Waals surface area (Å²) in [4.78, 5) is 56.5. The molecule has 9 heteroatoms. The van der Waals surface area contributed by atoms with Gasteiger partial charge in [-0.2, -0.15) is 0 Å². The number of aromatic nitrogens is 3. The molecule has 1 saturated heterocycles. The second kappa shape index (κ2) is 5.67. The van der Waals surface area contributed by atoms with Crippen LogP contribution in [0.2, 0.25) is 0 Å². The van der Waals surface area contributed by atoms with Gasteiger partial charge in [0.05, 0.1) is 10.9 Å². The summed E-state index contributed by atoms with van der Waals surface area (Å²) in [5.74, 6) is -1.54. The Morgan fingerprint density at radius 2 is 2.04 bits per heavy atom. The van der Waals surface area contributed by atoms with Crippen LogP contribution >= 0.6 is 0 Å². The first-order valence-electron chi connectivity index (χ1n) is 7.13. The van der Waals surface area contributed by atoms with E-state index in [4.69, 9.17) is 0 Å². The Morgan fingerprint density at radius 1 is 1.26 bits per heavy atom. The molecule has 3 heterocycles. The average Bonchev–Trinajstić information content (AvgIpc) is 2.53. The van der Waals surface area contributed by atoms with E-state index < -0.39 is 29.2 Å². The number of aliphatic carboxylic acids is 1. The largest absolute Gasteiger partial charge is 0.480 e. The van der Waals surface area contributed by atoms with Crippen LogP contribution in [0.25, 0.3) is 11.0 Å². The Hall–Kier alpha value is -2.97. The predicted molar refractivity (Wildman–Crippen MR) is 79.3 cm³/mol. The van der Waals surface area contributed by atoms with Gasteiger partial charge < -0.3 is 10.0 Å². The molecule has 0 saturated carbocycles. The summed E-state index contributed by atoms with van der Waals surface area (Å²) in [6.07, 6.45) is 3.10. The van der Waals surface area contributed by atoms with Gasteiger partial charge in [0, 0.05) is 12.7 Å². The number of piperidine rings is 1. The van der Waals surface area contributed by atoms with Crippen LogP contribution in [0.15, 0.2) is 21.9 Å². The van der Waals surface area contributed by atoms with E-state index in [1.165, 1.54) is 17.2 Å². The summed E-state index contributed by atoms with van der Waals surface area (Å²) in [6, 6.07) is 0.438. The number of carbonyl (C=O) groups excluding carboxylic acids is 1. The van der Waals surface area contributed by atoms with Crippen molar-refractivity contribution in [3.8, 4) is 0 Å². The SMILES string of the molecule is O=C(O)C1CCCCN1C(=O)c1cnc2[nH]c(=O)[nH]c(=O)c2c1. The molecule has 0 spiro atoms. The fraction of sp³-hybridized carbons (Fsp3) is 0.357. The molecule has 2 aromatic rings. The minimum atomic E-state index is -1.05. The predicted octanol–water partition coefficient (Wildman–Crippen LogP) is -0.309. The van der Waals surface area contributed by atoms with E-state index in [-0.39, 0.29) is 16.6 Å². The van der Waals surface area contributed by atoms with Crippen molar-refractivity contribution < 1.29 is 14.7 Å². The smallest absolute Gasteiger partial charge is 0.327 e. The van der Waals surface area contributed by atoms with Crippen molar-refractivity contribution in [3.63, 3.8) is 0 Å². The number of pyridine rings is 1. The van der Waals surface area contributed by atoms with Gasteiger partial charge in [0.15, 0.2) is 0 Å². The third kappa shape index (κ3) is 2.72. The van der Waals surface area contributed by atoms with Crippen LogP contribution in [0.1, 0.15) is 29.6 Å². The normalized spacial score (nSPS) is 18.1. The van der Waals surface area contributed by atoms with Crippen molar-refractivity contribution in [2.45, 2.75) is 25.3 Å². The minimum Gasteiger partial charge on any atom is -0.480 e. The maximum Gasteiger partial charge on any atom is 0.327 e. The van der Waals surface area contributed by atoms with Crippen LogP contribution in [0.4, 0.5) is 0 Å². The molecule has 3 N–H and O–H groups in total. The third-order valence-corrected chi connectivity index (χ3v) is 3.89. The van der Waals surface area contributed by atoms with E-state index in [0.717, 1.165) is 12.8 Å². The van der Waals surface area contributed by atoms with Gasteiger partial charge in [-0.3, -0.25) is 19.6 Å². The molecule has 2 aromatic heterocycles. The lowest BCUT2D eigenvalue weighted by Gasteiger charge is -2.32. The summed E-state index contributed by atoms with van der Waals surface area (Å²) in [5, 5.41) is 9.32. The Morgan fingerprint density at radius 3 is 2.78 bits per heavy atom. The molecule has 0 aromatic carbocycles. The van der Waals surface area contributed by atoms with Crippen LogP contribution in [0.5, 0.6) is 0 Å². The number of aromatic amines is 2. The van der Waals surface area contributed by atoms with Crippen LogP contribution in [-0.2, 0) is 4.79 Å². The number of carboxylic acid groups (broad SMARTS) is 1. The second-order valence-electron chi connectivity index (χ2n) is 5.38. The number of nitrogens with one attached hydrogen (secondary N) is 2. The highest BCUT2D eigenvalue weighted by Gasteiger charge is 2.32. The van der Waals surface area contributed by atoms with Gasteiger partial charge in [-0.1, -0.05) is 0 Å². The summed E-state index contributed by atoms with van der Waals surface area (Å²) >= 11 is 0. The van der Waals surface area contributed by atoms with Gasteiger partial charge in [-0.15, -0.1) is 0 Å². The summed E-state index contributed by atoms with van der Waals surface area (Å²) in [6.45, 7) is 0.343. The number of H-pyrrole nitrogens is 2. The number of carbonyl (C=O) groups is 2. The first-order chi connectivity index (χ1) is 11.0. The number of fused-ring (bicyclic) bond motifs is 1. The van der Waals surface area contributed by atoms with Gasteiger partial charge in [0.2, 0.25) is 0 Å². The number of amides is 1. The number of likely N-dealkylation sites (tertiary alicyclic amines) is 1. The highest BCUT2D eigenvalue weighted by molar-refractivity contribution is 5.98. The molecule has 1 aliphatic heterocycles. The molecular formula is C14H14N4O5. The van der Waals surface area contributed by atoms with E-state index in [1.54, 1.807) is 0 Å². The van der Waals surface area contributed by atoms with Crippen LogP contribution in [0, 0.1) is 0 Å². The van der Waals surface area contributed by atoms with E-state index in [2.05, 4.69) is 15.0 Å². The fourth-order valence-electron chi connectivity index (χ4n) is 2.76. The summed E-state index contributed by atoms with van der Waals surface area (Å²) in [7, 11) is 0. The molecule has 0 radical (unpaired) electrons. The van der Waals surface area contributed by atoms with Gasteiger partial charge >= 0.3 is 11.7 Å². The molecule has 0 aliphatic carbocycles. The molecule has 9 nitrogen and oxygen atoms in total. The molecular weight excluding hydrogens is 304 g/mol. The van der Waals surface area contributed by atoms with E-state index in [0.29, 0.717) is 13.0 Å². The molecule has 1 atom stereocenters. The molecule has 3 rings (SSSR count). The van der Waals surface area contributed by atoms with Crippen molar-refractivity contribution in [2.24, 2.45) is 0 Å². The molecule has 120 valence electrons. The number of rotatable bonds is 2. The van der Waals surface area contributed by atoms with Gasteiger partial charge in [-0.05, 0) is 25.3 Å². The Bertz CT molecular complexity index is 900. The maximum atomic E-state index is 12.6. The zero-order chi connectivity index (χ0) is 16.6. The first-order valence-corrected chi connectivity index (χ1v) is 7.13. The highest BCUT2D eigenvalue weighted by atomic mass is 16.4. The summed E-state index contributed by atoms with van der Waals surface area (Å²) < 4.78 is 0. The van der Waals surface area contributed by atoms with Gasteiger partial charge in [0.1, 0.15) is 11.7 Å². The second-order valence-corrected chi connectivity index (χ2v) is 5.38. The molecule has 1 aliphatic rings. The van der Waals surface area contributed by atoms with Gasteiger partial charge in [-0.25, -0.2) is 14.6 Å². The van der Waals surface area contributed by atoms with Crippen LogP contribution in [0.3, 0.4) is 0 Å². The number of hydrogen-bond acceptors (Lipinski definition) is 5. The quantitative estimate of drug-likeness (QED) is 0.695. The van der Waals surface area contributed by atoms with Crippen LogP contribution in [-0.4, -0.2) is 49.4 Å². The Kier molecular flexibility index (Phi) is 3.68. The fourth-order valence-corrected chi connectivity index (χ4v) is 2.76. The maximum absolute atomic E-state index is 12.6. The molecule has 1 amide bonds. The standard InChI is InChI=1S/C14H14N4O5/c19-11-8-5-7(6-15-10(8)16-14(23)17-11)12(20)18-4-2-1-3-9(18)13(21)22/h5-6,9H,1-4H2,(H,21,22)(H2,15,16,17,19,23). The highest BCUT2D eigenvalue weighted by Crippen LogP contribution is 2.20. The monoisotopic (exact) mass is 318 g/mol. The van der Waals surface area contributed by atoms with Crippen LogP contribution < -0.4 is 11.2 Å². The van der Waals surface area contributed by atoms with Crippen molar-refractivity contribution in [1.29, 1.82) is 0 Å². The summed E-state index contributed by atoms with van der Waals surface area (Å²) in [5.41, 5.74) is -1.15.